The monoisotopic (exact) mass is 209 g/mol. The van der Waals surface area contributed by atoms with Crippen LogP contribution < -0.4 is 10.1 Å². The van der Waals surface area contributed by atoms with Crippen molar-refractivity contribution in [3.05, 3.63) is 12.4 Å². The number of hydrogen-bond acceptors (Lipinski definition) is 4. The van der Waals surface area contributed by atoms with E-state index in [1.807, 2.05) is 13.0 Å². The number of hydrogen-bond donors (Lipinski definition) is 1. The Morgan fingerprint density at radius 2 is 2.13 bits per heavy atom. The van der Waals surface area contributed by atoms with E-state index in [1.165, 1.54) is 19.2 Å². The molecule has 0 saturated carbocycles. The molecule has 1 N–H and O–H groups in total. The van der Waals surface area contributed by atoms with E-state index in [1.54, 1.807) is 0 Å². The highest BCUT2D eigenvalue weighted by Gasteiger charge is 1.98. The van der Waals surface area contributed by atoms with Gasteiger partial charge in [-0.05, 0) is 13.3 Å². The lowest BCUT2D eigenvalue weighted by Gasteiger charge is -2.06. The Morgan fingerprint density at radius 3 is 2.87 bits per heavy atom. The van der Waals surface area contributed by atoms with E-state index in [2.05, 4.69) is 22.2 Å². The molecule has 1 aromatic rings. The van der Waals surface area contributed by atoms with Gasteiger partial charge in [-0.2, -0.15) is 0 Å². The minimum atomic E-state index is 0.650. The molecular weight excluding hydrogens is 190 g/mol. The SMILES string of the molecule is CCCCCOc1cc(NCC)ncn1. The van der Waals surface area contributed by atoms with Crippen LogP contribution in [0.25, 0.3) is 0 Å². The van der Waals surface area contributed by atoms with Gasteiger partial charge in [-0.25, -0.2) is 9.97 Å². The van der Waals surface area contributed by atoms with Crippen molar-refractivity contribution < 1.29 is 4.74 Å². The molecule has 0 bridgehead atoms. The number of aromatic nitrogens is 2. The second kappa shape index (κ2) is 7.04. The van der Waals surface area contributed by atoms with E-state index in [-0.39, 0.29) is 0 Å². The van der Waals surface area contributed by atoms with Gasteiger partial charge in [0.1, 0.15) is 12.1 Å². The molecular formula is C11H19N3O. The first-order valence-electron chi connectivity index (χ1n) is 5.55. The quantitative estimate of drug-likeness (QED) is 0.701. The molecule has 0 atom stereocenters. The summed E-state index contributed by atoms with van der Waals surface area (Å²) in [6, 6.07) is 1.83. The Bertz CT molecular complexity index is 278. The zero-order chi connectivity index (χ0) is 10.9. The topological polar surface area (TPSA) is 47.0 Å². The van der Waals surface area contributed by atoms with Crippen LogP contribution >= 0.6 is 0 Å². The Kier molecular flexibility index (Phi) is 5.51. The van der Waals surface area contributed by atoms with Crippen LogP contribution in [0, 0.1) is 0 Å². The molecule has 0 amide bonds. The zero-order valence-corrected chi connectivity index (χ0v) is 9.49. The molecule has 84 valence electrons. The van der Waals surface area contributed by atoms with Crippen LogP contribution in [0.15, 0.2) is 12.4 Å². The van der Waals surface area contributed by atoms with Gasteiger partial charge >= 0.3 is 0 Å². The van der Waals surface area contributed by atoms with Crippen LogP contribution in [0.3, 0.4) is 0 Å². The average molecular weight is 209 g/mol. The minimum Gasteiger partial charge on any atom is -0.478 e. The van der Waals surface area contributed by atoms with Crippen LogP contribution in [0.2, 0.25) is 0 Å². The highest BCUT2D eigenvalue weighted by molar-refractivity contribution is 5.36. The minimum absolute atomic E-state index is 0.650. The van der Waals surface area contributed by atoms with E-state index in [0.717, 1.165) is 25.4 Å². The Hall–Kier alpha value is -1.32. The van der Waals surface area contributed by atoms with Gasteiger partial charge in [-0.15, -0.1) is 0 Å². The van der Waals surface area contributed by atoms with Crippen molar-refractivity contribution in [1.29, 1.82) is 0 Å². The molecule has 0 aliphatic carbocycles. The van der Waals surface area contributed by atoms with Crippen molar-refractivity contribution in [2.75, 3.05) is 18.5 Å². The number of anilines is 1. The normalized spacial score (nSPS) is 10.0. The summed E-state index contributed by atoms with van der Waals surface area (Å²) in [6.45, 7) is 5.79. The Labute approximate surface area is 91.1 Å². The van der Waals surface area contributed by atoms with Crippen molar-refractivity contribution in [3.63, 3.8) is 0 Å². The molecule has 0 unspecified atom stereocenters. The third-order valence-corrected chi connectivity index (χ3v) is 2.00. The standard InChI is InChI=1S/C11H19N3O/c1-3-5-6-7-15-11-8-10(12-4-2)13-9-14-11/h8-9H,3-7H2,1-2H3,(H,12,13,14). The fourth-order valence-corrected chi connectivity index (χ4v) is 1.22. The lowest BCUT2D eigenvalue weighted by Crippen LogP contribution is -2.03. The molecule has 0 saturated heterocycles. The summed E-state index contributed by atoms with van der Waals surface area (Å²) in [4.78, 5) is 8.12. The summed E-state index contributed by atoms with van der Waals surface area (Å²) in [6.07, 6.45) is 5.01. The molecule has 1 heterocycles. The van der Waals surface area contributed by atoms with Crippen molar-refractivity contribution in [2.24, 2.45) is 0 Å². The zero-order valence-electron chi connectivity index (χ0n) is 9.49. The number of unbranched alkanes of at least 4 members (excludes halogenated alkanes) is 2. The number of rotatable bonds is 7. The molecule has 0 fully saturated rings. The molecule has 0 spiro atoms. The van der Waals surface area contributed by atoms with Crippen LogP contribution in [0.5, 0.6) is 5.88 Å². The van der Waals surface area contributed by atoms with Crippen molar-refractivity contribution in [2.45, 2.75) is 33.1 Å². The van der Waals surface area contributed by atoms with E-state index >= 15 is 0 Å². The molecule has 4 nitrogen and oxygen atoms in total. The molecule has 0 aromatic carbocycles. The molecule has 15 heavy (non-hydrogen) atoms. The summed E-state index contributed by atoms with van der Waals surface area (Å²) >= 11 is 0. The van der Waals surface area contributed by atoms with E-state index < -0.39 is 0 Å². The van der Waals surface area contributed by atoms with E-state index in [4.69, 9.17) is 4.74 Å². The number of nitrogens with zero attached hydrogens (tertiary/aromatic N) is 2. The fraction of sp³-hybridized carbons (Fsp3) is 0.636. The van der Waals surface area contributed by atoms with Crippen LogP contribution in [-0.4, -0.2) is 23.1 Å². The highest BCUT2D eigenvalue weighted by atomic mass is 16.5. The lowest BCUT2D eigenvalue weighted by atomic mass is 10.3. The maximum absolute atomic E-state index is 5.50. The van der Waals surface area contributed by atoms with Crippen molar-refractivity contribution in [1.82, 2.24) is 9.97 Å². The third kappa shape index (κ3) is 4.63. The number of ether oxygens (including phenoxy) is 1. The maximum Gasteiger partial charge on any atom is 0.218 e. The molecule has 0 aliphatic rings. The first-order valence-corrected chi connectivity index (χ1v) is 5.55. The molecule has 0 aliphatic heterocycles. The van der Waals surface area contributed by atoms with Gasteiger partial charge in [-0.1, -0.05) is 19.8 Å². The molecule has 1 rings (SSSR count). The summed E-state index contributed by atoms with van der Waals surface area (Å²) < 4.78 is 5.50. The lowest BCUT2D eigenvalue weighted by molar-refractivity contribution is 0.294. The first kappa shape index (κ1) is 11.8. The van der Waals surface area contributed by atoms with Crippen LogP contribution in [0.1, 0.15) is 33.1 Å². The predicted octanol–water partition coefficient (Wildman–Crippen LogP) is 2.48. The maximum atomic E-state index is 5.50. The van der Waals surface area contributed by atoms with Gasteiger partial charge < -0.3 is 10.1 Å². The second-order valence-corrected chi connectivity index (χ2v) is 3.33. The molecule has 4 heteroatoms. The Morgan fingerprint density at radius 1 is 1.27 bits per heavy atom. The van der Waals surface area contributed by atoms with E-state index in [0.29, 0.717) is 5.88 Å². The Balaban J connectivity index is 2.36. The summed E-state index contributed by atoms with van der Waals surface area (Å²) in [5.41, 5.74) is 0. The fourth-order valence-electron chi connectivity index (χ4n) is 1.22. The smallest absolute Gasteiger partial charge is 0.218 e. The van der Waals surface area contributed by atoms with Gasteiger partial charge in [-0.3, -0.25) is 0 Å². The second-order valence-electron chi connectivity index (χ2n) is 3.33. The number of nitrogens with one attached hydrogen (secondary N) is 1. The van der Waals surface area contributed by atoms with Gasteiger partial charge in [0.25, 0.3) is 0 Å². The molecule has 1 aromatic heterocycles. The van der Waals surface area contributed by atoms with Gasteiger partial charge in [0.2, 0.25) is 5.88 Å². The summed E-state index contributed by atoms with van der Waals surface area (Å²) in [5, 5.41) is 3.12. The average Bonchev–Trinajstić information content (AvgIpc) is 2.26. The first-order chi connectivity index (χ1) is 7.36. The van der Waals surface area contributed by atoms with Gasteiger partial charge in [0.15, 0.2) is 0 Å². The van der Waals surface area contributed by atoms with Crippen molar-refractivity contribution in [3.8, 4) is 5.88 Å². The van der Waals surface area contributed by atoms with Gasteiger partial charge in [0.05, 0.1) is 6.61 Å². The summed E-state index contributed by atoms with van der Waals surface area (Å²) in [5.74, 6) is 1.47. The largest absolute Gasteiger partial charge is 0.478 e. The third-order valence-electron chi connectivity index (χ3n) is 2.00. The van der Waals surface area contributed by atoms with Crippen LogP contribution in [0.4, 0.5) is 5.82 Å². The van der Waals surface area contributed by atoms with Crippen LogP contribution in [-0.2, 0) is 0 Å². The summed E-state index contributed by atoms with van der Waals surface area (Å²) in [7, 11) is 0. The molecule has 0 radical (unpaired) electrons. The van der Waals surface area contributed by atoms with E-state index in [9.17, 15) is 0 Å². The van der Waals surface area contributed by atoms with Crippen molar-refractivity contribution >= 4 is 5.82 Å². The van der Waals surface area contributed by atoms with Gasteiger partial charge in [0, 0.05) is 12.6 Å². The highest BCUT2D eigenvalue weighted by Crippen LogP contribution is 2.11. The predicted molar refractivity (Wildman–Crippen MR) is 61.2 cm³/mol.